The van der Waals surface area contributed by atoms with Gasteiger partial charge < -0.3 is 24.3 Å². The summed E-state index contributed by atoms with van der Waals surface area (Å²) in [6.45, 7) is 2.70. The number of piperidine rings is 1. The van der Waals surface area contributed by atoms with Crippen LogP contribution in [0.3, 0.4) is 0 Å². The van der Waals surface area contributed by atoms with Gasteiger partial charge in [0.15, 0.2) is 27.1 Å². The molecule has 0 amide bonds. The van der Waals surface area contributed by atoms with E-state index in [2.05, 4.69) is 30.1 Å². The Morgan fingerprint density at radius 2 is 1.89 bits per heavy atom. The topological polar surface area (TPSA) is 114 Å². The van der Waals surface area contributed by atoms with Crippen LogP contribution in [0, 0.1) is 5.82 Å². The normalized spacial score (nSPS) is 16.5. The number of halogens is 1. The molecule has 2 aliphatic heterocycles. The summed E-state index contributed by atoms with van der Waals surface area (Å²) in [5.41, 5.74) is 1.72. The quantitative estimate of drug-likeness (QED) is 0.414. The van der Waals surface area contributed by atoms with E-state index in [1.165, 1.54) is 18.5 Å². The van der Waals surface area contributed by atoms with Gasteiger partial charge in [0, 0.05) is 25.4 Å². The highest BCUT2D eigenvalue weighted by molar-refractivity contribution is 7.90. The highest BCUT2D eigenvalue weighted by Crippen LogP contribution is 2.39. The van der Waals surface area contributed by atoms with Crippen LogP contribution in [-0.4, -0.2) is 61.9 Å². The van der Waals surface area contributed by atoms with Gasteiger partial charge in [-0.25, -0.2) is 22.8 Å². The molecule has 1 saturated heterocycles. The summed E-state index contributed by atoms with van der Waals surface area (Å²) in [4.78, 5) is 17.7. The summed E-state index contributed by atoms with van der Waals surface area (Å²) in [6.07, 6.45) is 4.22. The average Bonchev–Trinajstić information content (AvgIpc) is 3.34. The summed E-state index contributed by atoms with van der Waals surface area (Å²) >= 11 is 0. The van der Waals surface area contributed by atoms with Crippen molar-refractivity contribution < 1.29 is 22.0 Å². The summed E-state index contributed by atoms with van der Waals surface area (Å²) < 4.78 is 50.0. The molecule has 0 aliphatic carbocycles. The maximum absolute atomic E-state index is 14.7. The van der Waals surface area contributed by atoms with E-state index < -0.39 is 15.7 Å². The fraction of sp³-hybridized carbons (Fsp3) is 0.320. The number of para-hydroxylation sites is 2. The number of aromatic nitrogens is 3. The van der Waals surface area contributed by atoms with E-state index in [0.717, 1.165) is 49.4 Å². The van der Waals surface area contributed by atoms with Crippen molar-refractivity contribution in [2.24, 2.45) is 0 Å². The standard InChI is InChI=1S/C25H25FN6O4S/c1-37(33,34)17-6-7-19(18(26)14-17)29-23-22-24(28-15-27-23)32(12-13-35-22)16-8-10-31(11-9-16)25-30-20-4-2-3-5-21(20)36-25/h2-7,14-16H,8-13H2,1H3,(H,27,28,29). The lowest BCUT2D eigenvalue weighted by atomic mass is 10.0. The van der Waals surface area contributed by atoms with Gasteiger partial charge in [0.25, 0.3) is 6.01 Å². The number of nitrogens with zero attached hydrogens (tertiary/aromatic N) is 5. The molecule has 6 rings (SSSR count). The minimum absolute atomic E-state index is 0.0909. The van der Waals surface area contributed by atoms with Crippen LogP contribution < -0.4 is 19.9 Å². The zero-order valence-electron chi connectivity index (χ0n) is 20.1. The molecule has 0 bridgehead atoms. The molecule has 2 aromatic heterocycles. The van der Waals surface area contributed by atoms with Crippen molar-refractivity contribution in [1.82, 2.24) is 15.0 Å². The van der Waals surface area contributed by atoms with Crippen molar-refractivity contribution in [3.63, 3.8) is 0 Å². The van der Waals surface area contributed by atoms with Crippen molar-refractivity contribution in [2.45, 2.75) is 23.8 Å². The van der Waals surface area contributed by atoms with Crippen LogP contribution in [0.25, 0.3) is 11.1 Å². The van der Waals surface area contributed by atoms with Crippen LogP contribution in [0.2, 0.25) is 0 Å². The van der Waals surface area contributed by atoms with Gasteiger partial charge in [0.1, 0.15) is 24.3 Å². The van der Waals surface area contributed by atoms with Crippen LogP contribution >= 0.6 is 0 Å². The zero-order valence-corrected chi connectivity index (χ0v) is 20.9. The molecule has 192 valence electrons. The molecule has 0 atom stereocenters. The Hall–Kier alpha value is -3.93. The molecule has 12 heteroatoms. The number of nitrogens with one attached hydrogen (secondary N) is 1. The minimum atomic E-state index is -3.52. The summed E-state index contributed by atoms with van der Waals surface area (Å²) in [6, 6.07) is 12.3. The van der Waals surface area contributed by atoms with Gasteiger partial charge in [-0.15, -0.1) is 0 Å². The van der Waals surface area contributed by atoms with Crippen LogP contribution in [0.15, 0.2) is 58.1 Å². The minimum Gasteiger partial charge on any atom is -0.485 e. The number of fused-ring (bicyclic) bond motifs is 2. The molecule has 1 N–H and O–H groups in total. The molecule has 2 aromatic carbocycles. The van der Waals surface area contributed by atoms with E-state index in [-0.39, 0.29) is 16.6 Å². The first kappa shape index (κ1) is 23.5. The first-order chi connectivity index (χ1) is 17.9. The SMILES string of the molecule is CS(=O)(=O)c1ccc(Nc2ncnc3c2OCCN3C2CCN(c3nc4ccccc4o3)CC2)c(F)c1. The predicted octanol–water partition coefficient (Wildman–Crippen LogP) is 3.77. The predicted molar refractivity (Wildman–Crippen MR) is 137 cm³/mol. The van der Waals surface area contributed by atoms with E-state index in [0.29, 0.717) is 36.6 Å². The Morgan fingerprint density at radius 3 is 2.65 bits per heavy atom. The first-order valence-electron chi connectivity index (χ1n) is 12.0. The van der Waals surface area contributed by atoms with Gasteiger partial charge in [0.2, 0.25) is 5.75 Å². The number of ether oxygens (including phenoxy) is 1. The summed E-state index contributed by atoms with van der Waals surface area (Å²) in [7, 11) is -3.52. The maximum atomic E-state index is 14.7. The number of hydrogen-bond acceptors (Lipinski definition) is 10. The molecule has 0 unspecified atom stereocenters. The smallest absolute Gasteiger partial charge is 0.298 e. The molecule has 0 spiro atoms. The fourth-order valence-corrected chi connectivity index (χ4v) is 5.45. The molecule has 37 heavy (non-hydrogen) atoms. The first-order valence-corrected chi connectivity index (χ1v) is 13.9. The molecule has 0 radical (unpaired) electrons. The molecular formula is C25H25FN6O4S. The van der Waals surface area contributed by atoms with E-state index >= 15 is 0 Å². The Labute approximate surface area is 213 Å². The third-order valence-electron chi connectivity index (χ3n) is 6.72. The lowest BCUT2D eigenvalue weighted by molar-refractivity contribution is 0.290. The largest absolute Gasteiger partial charge is 0.485 e. The van der Waals surface area contributed by atoms with E-state index in [1.807, 2.05) is 24.3 Å². The molecule has 10 nitrogen and oxygen atoms in total. The van der Waals surface area contributed by atoms with Gasteiger partial charge in [0.05, 0.1) is 17.1 Å². The van der Waals surface area contributed by atoms with Crippen molar-refractivity contribution in [2.75, 3.05) is 47.6 Å². The molecule has 0 saturated carbocycles. The number of rotatable bonds is 5. The second kappa shape index (κ2) is 9.18. The zero-order chi connectivity index (χ0) is 25.6. The summed E-state index contributed by atoms with van der Waals surface area (Å²) in [5.74, 6) is 0.720. The Bertz CT molecular complexity index is 1540. The molecule has 1 fully saturated rings. The third kappa shape index (κ3) is 4.52. The van der Waals surface area contributed by atoms with Crippen molar-refractivity contribution >= 4 is 44.3 Å². The van der Waals surface area contributed by atoms with Gasteiger partial charge in [-0.05, 0) is 43.2 Å². The molecule has 4 heterocycles. The Kier molecular flexibility index (Phi) is 5.82. The molecular weight excluding hydrogens is 499 g/mol. The van der Waals surface area contributed by atoms with Crippen LogP contribution in [0.4, 0.5) is 27.7 Å². The second-order valence-corrected chi connectivity index (χ2v) is 11.2. The summed E-state index contributed by atoms with van der Waals surface area (Å²) in [5, 5.41) is 2.94. The fourth-order valence-electron chi connectivity index (χ4n) is 4.82. The number of anilines is 4. The third-order valence-corrected chi connectivity index (χ3v) is 7.83. The second-order valence-electron chi connectivity index (χ2n) is 9.14. The van der Waals surface area contributed by atoms with E-state index in [4.69, 9.17) is 9.15 Å². The lowest BCUT2D eigenvalue weighted by Crippen LogP contribution is -2.48. The average molecular weight is 525 g/mol. The monoisotopic (exact) mass is 524 g/mol. The van der Waals surface area contributed by atoms with E-state index in [9.17, 15) is 12.8 Å². The number of oxazole rings is 1. The van der Waals surface area contributed by atoms with Crippen LogP contribution in [-0.2, 0) is 9.84 Å². The molecule has 2 aliphatic rings. The van der Waals surface area contributed by atoms with Crippen LogP contribution in [0.5, 0.6) is 5.75 Å². The molecule has 4 aromatic rings. The maximum Gasteiger partial charge on any atom is 0.298 e. The van der Waals surface area contributed by atoms with Gasteiger partial charge in [-0.3, -0.25) is 0 Å². The number of sulfone groups is 1. The van der Waals surface area contributed by atoms with Crippen molar-refractivity contribution in [3.8, 4) is 5.75 Å². The highest BCUT2D eigenvalue weighted by atomic mass is 32.2. The van der Waals surface area contributed by atoms with E-state index in [1.54, 1.807) is 0 Å². The Balaban J connectivity index is 1.19. The highest BCUT2D eigenvalue weighted by Gasteiger charge is 2.32. The van der Waals surface area contributed by atoms with Gasteiger partial charge >= 0.3 is 0 Å². The van der Waals surface area contributed by atoms with Gasteiger partial charge in [-0.1, -0.05) is 12.1 Å². The van der Waals surface area contributed by atoms with Crippen molar-refractivity contribution in [3.05, 3.63) is 54.6 Å². The van der Waals surface area contributed by atoms with Crippen LogP contribution in [0.1, 0.15) is 12.8 Å². The van der Waals surface area contributed by atoms with Gasteiger partial charge in [-0.2, -0.15) is 4.98 Å². The number of hydrogen-bond donors (Lipinski definition) is 1. The Morgan fingerprint density at radius 1 is 1.08 bits per heavy atom. The number of benzene rings is 2. The lowest BCUT2D eigenvalue weighted by Gasteiger charge is -2.41. The van der Waals surface area contributed by atoms with Crippen molar-refractivity contribution in [1.29, 1.82) is 0 Å².